The SMILES string of the molecule is CC(C)[Si](OP(=O)(O)OP(=O)(O)O)(C(C)C)C(C)C. The first-order valence-electron chi connectivity index (χ1n) is 6.05. The van der Waals surface area contributed by atoms with Crippen molar-refractivity contribution in [3.63, 3.8) is 0 Å². The second-order valence-corrected chi connectivity index (χ2v) is 13.9. The summed E-state index contributed by atoms with van der Waals surface area (Å²) < 4.78 is 31.8. The van der Waals surface area contributed by atoms with Crippen LogP contribution in [-0.2, 0) is 17.7 Å². The molecule has 0 fully saturated rings. The Morgan fingerprint density at radius 3 is 1.37 bits per heavy atom. The van der Waals surface area contributed by atoms with E-state index in [4.69, 9.17) is 14.0 Å². The maximum absolute atomic E-state index is 11.8. The van der Waals surface area contributed by atoms with Crippen molar-refractivity contribution < 1.29 is 32.3 Å². The van der Waals surface area contributed by atoms with Crippen LogP contribution in [0.15, 0.2) is 0 Å². The summed E-state index contributed by atoms with van der Waals surface area (Å²) in [5.41, 5.74) is -0.0185. The summed E-state index contributed by atoms with van der Waals surface area (Å²) in [6.07, 6.45) is 0. The Kier molecular flexibility index (Phi) is 6.66. The predicted octanol–water partition coefficient (Wildman–Crippen LogP) is 3.39. The van der Waals surface area contributed by atoms with Crippen molar-refractivity contribution in [3.05, 3.63) is 0 Å². The molecule has 0 aliphatic carbocycles. The molecular formula is C9H24O7P2Si. The maximum atomic E-state index is 11.8. The van der Waals surface area contributed by atoms with Gasteiger partial charge in [-0.15, -0.1) is 0 Å². The Labute approximate surface area is 115 Å². The fraction of sp³-hybridized carbons (Fsp3) is 1.00. The third-order valence-corrected chi connectivity index (χ3v) is 12.5. The summed E-state index contributed by atoms with van der Waals surface area (Å²) in [5.74, 6) is 0. The van der Waals surface area contributed by atoms with Crippen LogP contribution in [0.4, 0.5) is 0 Å². The van der Waals surface area contributed by atoms with Gasteiger partial charge in [-0.25, -0.2) is 9.13 Å². The summed E-state index contributed by atoms with van der Waals surface area (Å²) in [6, 6.07) is 0. The molecule has 0 rings (SSSR count). The molecule has 0 heterocycles. The largest absolute Gasteiger partial charge is 0.478 e. The molecule has 0 amide bonds. The van der Waals surface area contributed by atoms with Crippen LogP contribution >= 0.6 is 15.6 Å². The molecular weight excluding hydrogens is 310 g/mol. The molecule has 7 nitrogen and oxygen atoms in total. The van der Waals surface area contributed by atoms with Gasteiger partial charge in [0.05, 0.1) is 0 Å². The predicted molar refractivity (Wildman–Crippen MR) is 75.1 cm³/mol. The van der Waals surface area contributed by atoms with Gasteiger partial charge in [-0.05, 0) is 16.6 Å². The van der Waals surface area contributed by atoms with E-state index in [1.165, 1.54) is 0 Å². The van der Waals surface area contributed by atoms with Crippen molar-refractivity contribution >= 4 is 24.0 Å². The molecule has 0 saturated heterocycles. The normalized spacial score (nSPS) is 17.3. The van der Waals surface area contributed by atoms with E-state index in [2.05, 4.69) is 4.31 Å². The van der Waals surface area contributed by atoms with E-state index in [1.54, 1.807) is 0 Å². The first-order chi connectivity index (χ1) is 8.24. The van der Waals surface area contributed by atoms with Crippen LogP contribution in [0.1, 0.15) is 41.5 Å². The molecule has 0 bridgehead atoms. The van der Waals surface area contributed by atoms with Crippen molar-refractivity contribution in [2.24, 2.45) is 0 Å². The van der Waals surface area contributed by atoms with E-state index in [9.17, 15) is 14.0 Å². The molecule has 19 heavy (non-hydrogen) atoms. The highest BCUT2D eigenvalue weighted by molar-refractivity contribution is 7.61. The number of hydrogen-bond donors (Lipinski definition) is 3. The van der Waals surface area contributed by atoms with Gasteiger partial charge in [0.1, 0.15) is 0 Å². The molecule has 0 spiro atoms. The first kappa shape index (κ1) is 19.5. The zero-order valence-corrected chi connectivity index (χ0v) is 14.9. The van der Waals surface area contributed by atoms with Crippen molar-refractivity contribution in [1.29, 1.82) is 0 Å². The van der Waals surface area contributed by atoms with Crippen LogP contribution in [0.2, 0.25) is 16.6 Å². The van der Waals surface area contributed by atoms with Crippen molar-refractivity contribution in [3.8, 4) is 0 Å². The summed E-state index contributed by atoms with van der Waals surface area (Å²) >= 11 is 0. The lowest BCUT2D eigenvalue weighted by Gasteiger charge is -2.42. The number of rotatable bonds is 7. The smallest absolute Gasteiger partial charge is 0.328 e. The van der Waals surface area contributed by atoms with Crippen LogP contribution in [0, 0.1) is 0 Å². The summed E-state index contributed by atoms with van der Waals surface area (Å²) in [7, 11) is -12.6. The van der Waals surface area contributed by atoms with Gasteiger partial charge in [0, 0.05) is 0 Å². The molecule has 0 saturated carbocycles. The van der Waals surface area contributed by atoms with Gasteiger partial charge in [-0.2, -0.15) is 4.31 Å². The van der Waals surface area contributed by atoms with Crippen LogP contribution in [0.3, 0.4) is 0 Å². The standard InChI is InChI=1S/C9H24O7P2Si/c1-7(2)19(8(3)4,9(5)6)16-18(13,14)15-17(10,11)12/h7-9H,1-6H3,(H,13,14)(H2,10,11,12). The van der Waals surface area contributed by atoms with Crippen LogP contribution < -0.4 is 0 Å². The summed E-state index contributed by atoms with van der Waals surface area (Å²) in [4.78, 5) is 26.9. The zero-order valence-electron chi connectivity index (χ0n) is 12.1. The van der Waals surface area contributed by atoms with E-state index in [-0.39, 0.29) is 16.6 Å². The van der Waals surface area contributed by atoms with Gasteiger partial charge in [0.25, 0.3) is 0 Å². The second-order valence-electron chi connectivity index (χ2n) is 5.45. The van der Waals surface area contributed by atoms with E-state index >= 15 is 0 Å². The lowest BCUT2D eigenvalue weighted by molar-refractivity contribution is 0.223. The number of phosphoric acid groups is 2. The molecule has 1 unspecified atom stereocenters. The van der Waals surface area contributed by atoms with Gasteiger partial charge < -0.3 is 18.9 Å². The zero-order chi connectivity index (χ0) is 15.6. The molecule has 3 N–H and O–H groups in total. The Morgan fingerprint density at radius 2 is 1.16 bits per heavy atom. The molecule has 1 atom stereocenters. The lowest BCUT2D eigenvalue weighted by atomic mass is 10.5. The van der Waals surface area contributed by atoms with Crippen LogP contribution in [0.5, 0.6) is 0 Å². The Morgan fingerprint density at radius 1 is 0.842 bits per heavy atom. The minimum absolute atomic E-state index is 0.00616. The average Bonchev–Trinajstić information content (AvgIpc) is 2.08. The molecule has 10 heteroatoms. The van der Waals surface area contributed by atoms with E-state index in [0.29, 0.717) is 0 Å². The van der Waals surface area contributed by atoms with Crippen molar-refractivity contribution in [1.82, 2.24) is 0 Å². The third kappa shape index (κ3) is 5.40. The molecule has 0 aromatic rings. The van der Waals surface area contributed by atoms with E-state index in [1.807, 2.05) is 41.5 Å². The van der Waals surface area contributed by atoms with Gasteiger partial charge in [0.15, 0.2) is 0 Å². The van der Waals surface area contributed by atoms with Gasteiger partial charge in [-0.3, -0.25) is 0 Å². The minimum Gasteiger partial charge on any atom is -0.328 e. The van der Waals surface area contributed by atoms with Crippen LogP contribution in [0.25, 0.3) is 0 Å². The van der Waals surface area contributed by atoms with Gasteiger partial charge >= 0.3 is 15.6 Å². The Balaban J connectivity index is 5.46. The summed E-state index contributed by atoms with van der Waals surface area (Å²) in [5, 5.41) is 0. The van der Waals surface area contributed by atoms with E-state index < -0.39 is 24.0 Å². The lowest BCUT2D eigenvalue weighted by Crippen LogP contribution is -2.46. The average molecular weight is 334 g/mol. The monoisotopic (exact) mass is 334 g/mol. The first-order valence-corrected chi connectivity index (χ1v) is 11.2. The molecule has 0 aliphatic heterocycles. The fourth-order valence-corrected chi connectivity index (χ4v) is 12.3. The highest BCUT2D eigenvalue weighted by atomic mass is 31.3. The van der Waals surface area contributed by atoms with E-state index in [0.717, 1.165) is 0 Å². The minimum atomic E-state index is -5.08. The van der Waals surface area contributed by atoms with Gasteiger partial charge in [-0.1, -0.05) is 41.5 Å². The highest BCUT2D eigenvalue weighted by Crippen LogP contribution is 2.62. The molecule has 0 aromatic heterocycles. The van der Waals surface area contributed by atoms with Crippen molar-refractivity contribution in [2.75, 3.05) is 0 Å². The molecule has 0 radical (unpaired) electrons. The fourth-order valence-electron chi connectivity index (χ4n) is 2.67. The quantitative estimate of drug-likeness (QED) is 0.483. The number of hydrogen-bond acceptors (Lipinski definition) is 4. The maximum Gasteiger partial charge on any atom is 0.478 e. The Bertz CT molecular complexity index is 368. The molecule has 0 aliphatic rings. The highest BCUT2D eigenvalue weighted by Gasteiger charge is 2.51. The third-order valence-electron chi connectivity index (χ3n) is 3.19. The molecule has 0 aromatic carbocycles. The second kappa shape index (κ2) is 6.50. The van der Waals surface area contributed by atoms with Gasteiger partial charge in [0.2, 0.25) is 8.32 Å². The molecule has 116 valence electrons. The topological polar surface area (TPSA) is 113 Å². The summed E-state index contributed by atoms with van der Waals surface area (Å²) in [6.45, 7) is 11.3. The Hall–Kier alpha value is 0.477. The van der Waals surface area contributed by atoms with Crippen LogP contribution in [-0.4, -0.2) is 23.0 Å². The van der Waals surface area contributed by atoms with Crippen molar-refractivity contribution in [2.45, 2.75) is 58.2 Å².